The highest BCUT2D eigenvalue weighted by molar-refractivity contribution is 14.0. The number of hydrogen-bond donors (Lipinski definition) is 1. The van der Waals surface area contributed by atoms with Crippen LogP contribution < -0.4 is 5.32 Å². The van der Waals surface area contributed by atoms with Crippen LogP contribution >= 0.6 is 24.0 Å². The summed E-state index contributed by atoms with van der Waals surface area (Å²) in [6.45, 7) is 12.8. The molecule has 0 spiro atoms. The van der Waals surface area contributed by atoms with Gasteiger partial charge in [-0.3, -0.25) is 4.90 Å². The van der Waals surface area contributed by atoms with Gasteiger partial charge in [-0.05, 0) is 57.5 Å². The van der Waals surface area contributed by atoms with Crippen molar-refractivity contribution in [2.75, 3.05) is 66.1 Å². The summed E-state index contributed by atoms with van der Waals surface area (Å²) in [5.74, 6) is 0.983. The minimum Gasteiger partial charge on any atom is -0.375 e. The zero-order valence-electron chi connectivity index (χ0n) is 20.4. The van der Waals surface area contributed by atoms with Crippen LogP contribution in [0.2, 0.25) is 0 Å². The van der Waals surface area contributed by atoms with Crippen molar-refractivity contribution in [1.82, 2.24) is 20.0 Å². The summed E-state index contributed by atoms with van der Waals surface area (Å²) in [7, 11) is 2.22. The molecule has 0 radical (unpaired) electrons. The van der Waals surface area contributed by atoms with Crippen LogP contribution in [0.3, 0.4) is 0 Å². The van der Waals surface area contributed by atoms with Gasteiger partial charge in [0.1, 0.15) is 6.10 Å². The van der Waals surface area contributed by atoms with Gasteiger partial charge >= 0.3 is 0 Å². The van der Waals surface area contributed by atoms with Gasteiger partial charge in [-0.2, -0.15) is 0 Å². The summed E-state index contributed by atoms with van der Waals surface area (Å²) < 4.78 is 11.9. The maximum atomic E-state index is 6.02. The Balaban J connectivity index is 0.00000306. The van der Waals surface area contributed by atoms with Gasteiger partial charge in [0.15, 0.2) is 5.96 Å². The van der Waals surface area contributed by atoms with Gasteiger partial charge in [-0.25, -0.2) is 4.99 Å². The van der Waals surface area contributed by atoms with Crippen molar-refractivity contribution in [1.29, 1.82) is 0 Å². The first-order chi connectivity index (χ1) is 15.7. The lowest BCUT2D eigenvalue weighted by Gasteiger charge is -2.37. The second kappa shape index (κ2) is 13.8. The average molecular weight is 572 g/mol. The first-order valence-electron chi connectivity index (χ1n) is 12.5. The SMILES string of the molecule is CCNC(=NCc1ccc(CN2CCCN(C)CC2)cc1)N1CCOC(C2CCCO2)C1.I. The van der Waals surface area contributed by atoms with Crippen LogP contribution in [-0.2, 0) is 22.6 Å². The third-order valence-corrected chi connectivity index (χ3v) is 6.76. The summed E-state index contributed by atoms with van der Waals surface area (Å²) in [6.07, 6.45) is 3.88. The van der Waals surface area contributed by atoms with Crippen LogP contribution in [0, 0.1) is 0 Å². The van der Waals surface area contributed by atoms with Crippen LogP contribution in [0.15, 0.2) is 29.3 Å². The molecule has 0 bridgehead atoms. The second-order valence-corrected chi connectivity index (χ2v) is 9.33. The third kappa shape index (κ3) is 8.06. The molecule has 8 heteroatoms. The molecule has 0 aromatic heterocycles. The van der Waals surface area contributed by atoms with E-state index in [1.807, 2.05) is 0 Å². The minimum absolute atomic E-state index is 0. The Kier molecular flexibility index (Phi) is 11.2. The number of hydrogen-bond acceptors (Lipinski definition) is 5. The van der Waals surface area contributed by atoms with Gasteiger partial charge in [0.25, 0.3) is 0 Å². The molecular weight excluding hydrogens is 529 g/mol. The highest BCUT2D eigenvalue weighted by Crippen LogP contribution is 2.21. The molecule has 0 aliphatic carbocycles. The van der Waals surface area contributed by atoms with E-state index in [9.17, 15) is 0 Å². The number of guanidine groups is 1. The van der Waals surface area contributed by atoms with E-state index < -0.39 is 0 Å². The molecule has 3 fully saturated rings. The van der Waals surface area contributed by atoms with E-state index in [1.165, 1.54) is 30.6 Å². The molecule has 1 N–H and O–H groups in total. The van der Waals surface area contributed by atoms with E-state index in [-0.39, 0.29) is 36.2 Å². The lowest BCUT2D eigenvalue weighted by molar-refractivity contribution is -0.0817. The van der Waals surface area contributed by atoms with Gasteiger partial charge < -0.3 is 24.6 Å². The van der Waals surface area contributed by atoms with E-state index >= 15 is 0 Å². The fourth-order valence-corrected chi connectivity index (χ4v) is 4.85. The van der Waals surface area contributed by atoms with Gasteiger partial charge in [0.2, 0.25) is 0 Å². The van der Waals surface area contributed by atoms with Crippen LogP contribution in [0.1, 0.15) is 37.3 Å². The summed E-state index contributed by atoms with van der Waals surface area (Å²) in [4.78, 5) is 12.3. The fourth-order valence-electron chi connectivity index (χ4n) is 4.85. The molecule has 186 valence electrons. The molecule has 1 aromatic carbocycles. The Labute approximate surface area is 216 Å². The molecule has 0 saturated carbocycles. The fraction of sp³-hybridized carbons (Fsp3) is 0.720. The van der Waals surface area contributed by atoms with E-state index in [2.05, 4.69) is 58.3 Å². The minimum atomic E-state index is 0. The van der Waals surface area contributed by atoms with Crippen LogP contribution in [0.5, 0.6) is 0 Å². The molecule has 2 atom stereocenters. The maximum absolute atomic E-state index is 6.02. The van der Waals surface area contributed by atoms with Crippen LogP contribution in [0.25, 0.3) is 0 Å². The maximum Gasteiger partial charge on any atom is 0.194 e. The number of benzene rings is 1. The lowest BCUT2D eigenvalue weighted by atomic mass is 10.1. The average Bonchev–Trinajstić information content (AvgIpc) is 3.28. The van der Waals surface area contributed by atoms with Crippen molar-refractivity contribution in [2.45, 2.75) is 51.5 Å². The Morgan fingerprint density at radius 1 is 0.970 bits per heavy atom. The standard InChI is InChI=1S/C25H41N5O2.HI/c1-3-26-25(30-15-17-32-24(20-30)23-6-4-16-31-23)27-18-21-7-9-22(10-8-21)19-29-12-5-11-28(2)13-14-29;/h7-10,23-24H,3-6,11-20H2,1-2H3,(H,26,27);1H. The topological polar surface area (TPSA) is 52.6 Å². The third-order valence-electron chi connectivity index (χ3n) is 6.76. The normalized spacial score (nSPS) is 25.5. The molecule has 0 amide bonds. The lowest BCUT2D eigenvalue weighted by Crippen LogP contribution is -2.53. The zero-order valence-corrected chi connectivity index (χ0v) is 22.7. The summed E-state index contributed by atoms with van der Waals surface area (Å²) in [6, 6.07) is 9.02. The van der Waals surface area contributed by atoms with E-state index in [1.54, 1.807) is 0 Å². The van der Waals surface area contributed by atoms with Gasteiger partial charge in [-0.1, -0.05) is 24.3 Å². The quantitative estimate of drug-likeness (QED) is 0.322. The molecule has 1 aromatic rings. The predicted molar refractivity (Wildman–Crippen MR) is 144 cm³/mol. The Hall–Kier alpha value is -0.940. The van der Waals surface area contributed by atoms with Gasteiger partial charge in [0, 0.05) is 45.9 Å². The predicted octanol–water partition coefficient (Wildman–Crippen LogP) is 2.79. The zero-order chi connectivity index (χ0) is 22.2. The molecule has 7 nitrogen and oxygen atoms in total. The summed E-state index contributed by atoms with van der Waals surface area (Å²) >= 11 is 0. The van der Waals surface area contributed by atoms with Crippen molar-refractivity contribution in [3.8, 4) is 0 Å². The van der Waals surface area contributed by atoms with Gasteiger partial charge in [0.05, 0.1) is 19.3 Å². The molecule has 3 aliphatic heterocycles. The Morgan fingerprint density at radius 3 is 2.52 bits per heavy atom. The molecule has 3 heterocycles. The molecule has 4 rings (SSSR count). The highest BCUT2D eigenvalue weighted by Gasteiger charge is 2.32. The number of nitrogens with zero attached hydrogens (tertiary/aromatic N) is 4. The molecule has 2 unspecified atom stereocenters. The van der Waals surface area contributed by atoms with Gasteiger partial charge in [-0.15, -0.1) is 24.0 Å². The molecule has 3 aliphatic rings. The first-order valence-corrected chi connectivity index (χ1v) is 12.5. The van der Waals surface area contributed by atoms with Crippen molar-refractivity contribution in [2.24, 2.45) is 4.99 Å². The number of morpholine rings is 1. The molecule has 3 saturated heterocycles. The van der Waals surface area contributed by atoms with E-state index in [0.717, 1.165) is 71.3 Å². The largest absolute Gasteiger partial charge is 0.375 e. The van der Waals surface area contributed by atoms with E-state index in [0.29, 0.717) is 6.54 Å². The van der Waals surface area contributed by atoms with E-state index in [4.69, 9.17) is 14.5 Å². The van der Waals surface area contributed by atoms with Crippen LogP contribution in [-0.4, -0.2) is 98.9 Å². The Morgan fingerprint density at radius 2 is 1.76 bits per heavy atom. The van der Waals surface area contributed by atoms with Crippen molar-refractivity contribution >= 4 is 29.9 Å². The van der Waals surface area contributed by atoms with Crippen molar-refractivity contribution < 1.29 is 9.47 Å². The number of halogens is 1. The smallest absolute Gasteiger partial charge is 0.194 e. The van der Waals surface area contributed by atoms with Crippen LogP contribution in [0.4, 0.5) is 0 Å². The molecule has 33 heavy (non-hydrogen) atoms. The second-order valence-electron chi connectivity index (χ2n) is 9.33. The monoisotopic (exact) mass is 571 g/mol. The number of likely N-dealkylation sites (N-methyl/N-ethyl adjacent to an activating group) is 1. The first kappa shape index (κ1) is 26.7. The number of nitrogens with one attached hydrogen (secondary N) is 1. The summed E-state index contributed by atoms with van der Waals surface area (Å²) in [5, 5.41) is 3.48. The number of ether oxygens (including phenoxy) is 2. The number of aliphatic imine (C=N–C) groups is 1. The highest BCUT2D eigenvalue weighted by atomic mass is 127. The molecular formula is C25H42IN5O2. The Bertz CT molecular complexity index is 726. The summed E-state index contributed by atoms with van der Waals surface area (Å²) in [5.41, 5.74) is 2.64. The van der Waals surface area contributed by atoms with Crippen molar-refractivity contribution in [3.05, 3.63) is 35.4 Å². The van der Waals surface area contributed by atoms with Crippen molar-refractivity contribution in [3.63, 3.8) is 0 Å². The number of rotatable bonds is 6.